The van der Waals surface area contributed by atoms with Crippen LogP contribution >= 0.6 is 50.1 Å². The quantitative estimate of drug-likeness (QED) is 0.310. The molecule has 0 radical (unpaired) electrons. The van der Waals surface area contributed by atoms with Crippen LogP contribution in [0.5, 0.6) is 0 Å². The van der Waals surface area contributed by atoms with Crippen molar-refractivity contribution in [3.63, 3.8) is 0 Å². The lowest BCUT2D eigenvalue weighted by Crippen LogP contribution is -1.83. The van der Waals surface area contributed by atoms with Crippen molar-refractivity contribution >= 4 is 71.7 Å². The third-order valence-corrected chi connectivity index (χ3v) is 4.67. The van der Waals surface area contributed by atoms with Gasteiger partial charge in [-0.2, -0.15) is 0 Å². The zero-order valence-electron chi connectivity index (χ0n) is 8.68. The maximum absolute atomic E-state index is 6.10. The standard InChI is InChI=1S/C14H7BrClI/c15-13-3-1-2-9-11-6-8(16)4-5-10(11)14(17)7-12(9)13/h1-7H. The van der Waals surface area contributed by atoms with Crippen LogP contribution in [0.4, 0.5) is 0 Å². The van der Waals surface area contributed by atoms with E-state index in [9.17, 15) is 0 Å². The van der Waals surface area contributed by atoms with Crippen LogP contribution in [-0.2, 0) is 0 Å². The second-order valence-electron chi connectivity index (χ2n) is 3.88. The van der Waals surface area contributed by atoms with Crippen molar-refractivity contribution in [1.29, 1.82) is 0 Å². The minimum absolute atomic E-state index is 0.778. The molecule has 0 N–H and O–H groups in total. The monoisotopic (exact) mass is 416 g/mol. The number of fused-ring (bicyclic) bond motifs is 3. The van der Waals surface area contributed by atoms with Gasteiger partial charge in [0.05, 0.1) is 0 Å². The highest BCUT2D eigenvalue weighted by Gasteiger charge is 2.07. The average Bonchev–Trinajstić information content (AvgIpc) is 2.31. The molecule has 17 heavy (non-hydrogen) atoms. The summed E-state index contributed by atoms with van der Waals surface area (Å²) in [6.45, 7) is 0. The Balaban J connectivity index is 2.62. The summed E-state index contributed by atoms with van der Waals surface area (Å²) in [6.07, 6.45) is 0. The number of rotatable bonds is 0. The Labute approximate surface area is 126 Å². The van der Waals surface area contributed by atoms with Gasteiger partial charge >= 0.3 is 0 Å². The van der Waals surface area contributed by atoms with Crippen molar-refractivity contribution in [3.05, 3.63) is 55.5 Å². The van der Waals surface area contributed by atoms with Gasteiger partial charge in [-0.25, -0.2) is 0 Å². The zero-order valence-corrected chi connectivity index (χ0v) is 13.2. The Bertz CT molecular complexity index is 737. The summed E-state index contributed by atoms with van der Waals surface area (Å²) in [5, 5.41) is 5.70. The summed E-state index contributed by atoms with van der Waals surface area (Å²) >= 11 is 12.1. The predicted molar refractivity (Wildman–Crippen MR) is 86.9 cm³/mol. The highest BCUT2D eigenvalue weighted by Crippen LogP contribution is 2.34. The molecule has 0 amide bonds. The van der Waals surface area contributed by atoms with Gasteiger partial charge in [0.25, 0.3) is 0 Å². The molecule has 0 aliphatic carbocycles. The van der Waals surface area contributed by atoms with E-state index in [2.05, 4.69) is 68.9 Å². The van der Waals surface area contributed by atoms with Crippen LogP contribution in [0.1, 0.15) is 0 Å². The van der Waals surface area contributed by atoms with Gasteiger partial charge in [-0.3, -0.25) is 0 Å². The van der Waals surface area contributed by atoms with Crippen LogP contribution in [0, 0.1) is 3.57 Å². The summed E-state index contributed by atoms with van der Waals surface area (Å²) in [7, 11) is 0. The molecule has 0 bridgehead atoms. The molecule has 0 saturated carbocycles. The molecule has 3 aromatic rings. The first kappa shape index (κ1) is 11.8. The van der Waals surface area contributed by atoms with E-state index in [1.807, 2.05) is 12.1 Å². The molecule has 0 nitrogen and oxygen atoms in total. The van der Waals surface area contributed by atoms with Gasteiger partial charge in [0.15, 0.2) is 0 Å². The highest BCUT2D eigenvalue weighted by molar-refractivity contribution is 14.1. The number of halogens is 3. The summed E-state index contributed by atoms with van der Waals surface area (Å²) in [6, 6.07) is 14.5. The first-order chi connectivity index (χ1) is 8.16. The van der Waals surface area contributed by atoms with Crippen LogP contribution in [0.15, 0.2) is 46.9 Å². The fraction of sp³-hybridized carbons (Fsp3) is 0. The van der Waals surface area contributed by atoms with Gasteiger partial charge < -0.3 is 0 Å². The topological polar surface area (TPSA) is 0 Å². The Morgan fingerprint density at radius 3 is 2.53 bits per heavy atom. The van der Waals surface area contributed by atoms with Crippen LogP contribution in [-0.4, -0.2) is 0 Å². The molecule has 0 unspecified atom stereocenters. The van der Waals surface area contributed by atoms with E-state index in [-0.39, 0.29) is 0 Å². The Morgan fingerprint density at radius 2 is 1.71 bits per heavy atom. The second kappa shape index (κ2) is 4.41. The summed E-state index contributed by atoms with van der Waals surface area (Å²) in [5.74, 6) is 0. The molecule has 3 rings (SSSR count). The minimum atomic E-state index is 0.778. The van der Waals surface area contributed by atoms with Crippen LogP contribution in [0.2, 0.25) is 5.02 Å². The fourth-order valence-corrected chi connectivity index (χ4v) is 3.51. The molecule has 0 aliphatic rings. The van der Waals surface area contributed by atoms with E-state index in [0.29, 0.717) is 0 Å². The molecule has 0 aliphatic heterocycles. The third kappa shape index (κ3) is 1.96. The fourth-order valence-electron chi connectivity index (χ4n) is 2.07. The van der Waals surface area contributed by atoms with Gasteiger partial charge in [0.1, 0.15) is 0 Å². The van der Waals surface area contributed by atoms with Crippen LogP contribution < -0.4 is 0 Å². The van der Waals surface area contributed by atoms with Gasteiger partial charge in [-0.1, -0.05) is 45.7 Å². The van der Waals surface area contributed by atoms with E-state index in [0.717, 1.165) is 9.50 Å². The lowest BCUT2D eigenvalue weighted by atomic mass is 10.0. The molecule has 0 spiro atoms. The maximum atomic E-state index is 6.10. The molecule has 0 saturated heterocycles. The highest BCUT2D eigenvalue weighted by atomic mass is 127. The van der Waals surface area contributed by atoms with E-state index < -0.39 is 0 Å². The Kier molecular flexibility index (Phi) is 3.05. The van der Waals surface area contributed by atoms with Crippen molar-refractivity contribution in [3.8, 4) is 0 Å². The maximum Gasteiger partial charge on any atom is 0.0412 e. The first-order valence-electron chi connectivity index (χ1n) is 5.13. The van der Waals surface area contributed by atoms with E-state index in [1.54, 1.807) is 0 Å². The summed E-state index contributed by atoms with van der Waals surface area (Å²) in [4.78, 5) is 0. The zero-order chi connectivity index (χ0) is 12.0. The minimum Gasteiger partial charge on any atom is -0.0843 e. The van der Waals surface area contributed by atoms with E-state index in [1.165, 1.54) is 25.1 Å². The number of hydrogen-bond donors (Lipinski definition) is 0. The Hall–Kier alpha value is -0.320. The largest absolute Gasteiger partial charge is 0.0843 e. The molecular formula is C14H7BrClI. The third-order valence-electron chi connectivity index (χ3n) is 2.85. The molecular weight excluding hydrogens is 410 g/mol. The van der Waals surface area contributed by atoms with Crippen molar-refractivity contribution < 1.29 is 0 Å². The van der Waals surface area contributed by atoms with Gasteiger partial charge in [-0.05, 0) is 68.4 Å². The number of hydrogen-bond acceptors (Lipinski definition) is 0. The van der Waals surface area contributed by atoms with E-state index in [4.69, 9.17) is 11.6 Å². The van der Waals surface area contributed by atoms with Crippen molar-refractivity contribution in [1.82, 2.24) is 0 Å². The predicted octanol–water partition coefficient (Wildman–Crippen LogP) is 6.01. The number of benzene rings is 3. The molecule has 0 heterocycles. The smallest absolute Gasteiger partial charge is 0.0412 e. The van der Waals surface area contributed by atoms with Gasteiger partial charge in [-0.15, -0.1) is 0 Å². The van der Waals surface area contributed by atoms with Crippen molar-refractivity contribution in [2.75, 3.05) is 0 Å². The lowest BCUT2D eigenvalue weighted by Gasteiger charge is -2.08. The molecule has 3 heteroatoms. The second-order valence-corrected chi connectivity index (χ2v) is 6.34. The first-order valence-corrected chi connectivity index (χ1v) is 7.38. The van der Waals surface area contributed by atoms with Crippen molar-refractivity contribution in [2.45, 2.75) is 0 Å². The molecule has 0 fully saturated rings. The average molecular weight is 417 g/mol. The Morgan fingerprint density at radius 1 is 0.882 bits per heavy atom. The van der Waals surface area contributed by atoms with Gasteiger partial charge in [0, 0.05) is 13.1 Å². The molecule has 0 aromatic heterocycles. The van der Waals surface area contributed by atoms with E-state index >= 15 is 0 Å². The summed E-state index contributed by atoms with van der Waals surface area (Å²) in [5.41, 5.74) is 0. The summed E-state index contributed by atoms with van der Waals surface area (Å²) < 4.78 is 2.36. The van der Waals surface area contributed by atoms with Crippen LogP contribution in [0.25, 0.3) is 21.5 Å². The SMILES string of the molecule is Clc1ccc2c(I)cc3c(Br)cccc3c2c1. The molecule has 0 atom stereocenters. The molecule has 84 valence electrons. The normalized spacial score (nSPS) is 11.2. The lowest BCUT2D eigenvalue weighted by molar-refractivity contribution is 1.70. The van der Waals surface area contributed by atoms with Gasteiger partial charge in [0.2, 0.25) is 0 Å². The van der Waals surface area contributed by atoms with Crippen molar-refractivity contribution in [2.24, 2.45) is 0 Å². The molecule has 3 aromatic carbocycles. The van der Waals surface area contributed by atoms with Crippen LogP contribution in [0.3, 0.4) is 0 Å².